The maximum absolute atomic E-state index is 13.4. The third-order valence-electron chi connectivity index (χ3n) is 4.08. The Morgan fingerprint density at radius 1 is 1.44 bits per heavy atom. The van der Waals surface area contributed by atoms with Gasteiger partial charge < -0.3 is 15.5 Å². The number of carbonyl (C=O) groups excluding carboxylic acids is 2. The van der Waals surface area contributed by atoms with Crippen LogP contribution >= 0.6 is 0 Å². The van der Waals surface area contributed by atoms with E-state index in [0.29, 0.717) is 25.2 Å². The van der Waals surface area contributed by atoms with Gasteiger partial charge in [0, 0.05) is 37.6 Å². The number of halogens is 1. The van der Waals surface area contributed by atoms with E-state index in [-0.39, 0.29) is 5.91 Å². The summed E-state index contributed by atoms with van der Waals surface area (Å²) in [5.41, 5.74) is 1.38. The number of nitrogens with one attached hydrogen (secondary N) is 2. The summed E-state index contributed by atoms with van der Waals surface area (Å²) < 4.78 is 15.0. The molecule has 0 aliphatic carbocycles. The minimum atomic E-state index is -0.620. The first kappa shape index (κ1) is 16.9. The summed E-state index contributed by atoms with van der Waals surface area (Å²) >= 11 is 0. The van der Waals surface area contributed by atoms with Gasteiger partial charge in [-0.1, -0.05) is 6.07 Å². The van der Waals surface area contributed by atoms with Crippen LogP contribution < -0.4 is 15.5 Å². The fourth-order valence-electron chi connectivity index (χ4n) is 2.86. The standard InChI is InChI=1S/C17H20FN5O2/c1-22-11-12(10-20-22)9-19-17(25)21-15-6-3-7-23(16(15)24)14-5-2-4-13(18)8-14/h2,4-5,8,10-11,15H,3,6-7,9H2,1H3,(H2,19,21,25)/t15-/m0/s1. The minimum absolute atomic E-state index is 0.228. The molecular weight excluding hydrogens is 325 g/mol. The fraction of sp³-hybridized carbons (Fsp3) is 0.353. The van der Waals surface area contributed by atoms with Crippen molar-refractivity contribution in [2.24, 2.45) is 7.05 Å². The largest absolute Gasteiger partial charge is 0.334 e. The van der Waals surface area contributed by atoms with Crippen molar-refractivity contribution in [2.75, 3.05) is 11.4 Å². The Bertz CT molecular complexity index is 776. The Hall–Kier alpha value is -2.90. The van der Waals surface area contributed by atoms with Crippen molar-refractivity contribution in [3.63, 3.8) is 0 Å². The molecule has 2 heterocycles. The summed E-state index contributed by atoms with van der Waals surface area (Å²) in [5.74, 6) is -0.622. The molecule has 1 saturated heterocycles. The molecule has 8 heteroatoms. The predicted molar refractivity (Wildman–Crippen MR) is 90.4 cm³/mol. The topological polar surface area (TPSA) is 79.3 Å². The molecular formula is C17H20FN5O2. The zero-order valence-electron chi connectivity index (χ0n) is 13.9. The van der Waals surface area contributed by atoms with Gasteiger partial charge in [0.05, 0.1) is 6.20 Å². The Labute approximate surface area is 144 Å². The maximum atomic E-state index is 13.4. The minimum Gasteiger partial charge on any atom is -0.334 e. The predicted octanol–water partition coefficient (Wildman–Crippen LogP) is 1.55. The van der Waals surface area contributed by atoms with Gasteiger partial charge in [-0.2, -0.15) is 5.10 Å². The first-order chi connectivity index (χ1) is 12.0. The van der Waals surface area contributed by atoms with E-state index in [1.54, 1.807) is 36.3 Å². The number of nitrogens with zero attached hydrogens (tertiary/aromatic N) is 3. The van der Waals surface area contributed by atoms with E-state index < -0.39 is 17.9 Å². The van der Waals surface area contributed by atoms with Gasteiger partial charge in [-0.15, -0.1) is 0 Å². The van der Waals surface area contributed by atoms with Crippen LogP contribution in [0.4, 0.5) is 14.9 Å². The number of carbonyl (C=O) groups is 2. The highest BCUT2D eigenvalue weighted by Crippen LogP contribution is 2.21. The second-order valence-corrected chi connectivity index (χ2v) is 6.01. The summed E-state index contributed by atoms with van der Waals surface area (Å²) in [4.78, 5) is 26.2. The van der Waals surface area contributed by atoms with Gasteiger partial charge in [-0.3, -0.25) is 9.48 Å². The van der Waals surface area contributed by atoms with Crippen molar-refractivity contribution < 1.29 is 14.0 Å². The molecule has 25 heavy (non-hydrogen) atoms. The third-order valence-corrected chi connectivity index (χ3v) is 4.08. The summed E-state index contributed by atoms with van der Waals surface area (Å²) in [6.45, 7) is 0.839. The van der Waals surface area contributed by atoms with Crippen LogP contribution in [0.2, 0.25) is 0 Å². The average molecular weight is 345 g/mol. The number of aryl methyl sites for hydroxylation is 1. The second kappa shape index (κ2) is 7.33. The van der Waals surface area contributed by atoms with Crippen LogP contribution in [-0.4, -0.2) is 34.3 Å². The molecule has 3 amide bonds. The second-order valence-electron chi connectivity index (χ2n) is 6.01. The quantitative estimate of drug-likeness (QED) is 0.882. The lowest BCUT2D eigenvalue weighted by atomic mass is 10.0. The van der Waals surface area contributed by atoms with Gasteiger partial charge >= 0.3 is 6.03 Å². The number of urea groups is 1. The number of rotatable bonds is 4. The van der Waals surface area contributed by atoms with Gasteiger partial charge in [0.15, 0.2) is 0 Å². The molecule has 1 atom stereocenters. The van der Waals surface area contributed by atoms with Crippen LogP contribution in [0, 0.1) is 5.82 Å². The maximum Gasteiger partial charge on any atom is 0.315 e. The molecule has 7 nitrogen and oxygen atoms in total. The molecule has 0 saturated carbocycles. The molecule has 1 aromatic carbocycles. The monoisotopic (exact) mass is 345 g/mol. The van der Waals surface area contributed by atoms with Crippen LogP contribution in [0.25, 0.3) is 0 Å². The van der Waals surface area contributed by atoms with Crippen molar-refractivity contribution >= 4 is 17.6 Å². The van der Waals surface area contributed by atoms with Crippen molar-refractivity contribution in [1.82, 2.24) is 20.4 Å². The normalized spacial score (nSPS) is 17.4. The first-order valence-corrected chi connectivity index (χ1v) is 8.12. The first-order valence-electron chi connectivity index (χ1n) is 8.12. The van der Waals surface area contributed by atoms with Gasteiger partial charge in [0.1, 0.15) is 11.9 Å². The Kier molecular flexibility index (Phi) is 4.97. The number of piperidine rings is 1. The number of aromatic nitrogens is 2. The number of hydrogen-bond donors (Lipinski definition) is 2. The van der Waals surface area contributed by atoms with E-state index in [2.05, 4.69) is 15.7 Å². The molecule has 0 radical (unpaired) electrons. The summed E-state index contributed by atoms with van der Waals surface area (Å²) in [6.07, 6.45) is 4.76. The molecule has 1 aliphatic heterocycles. The lowest BCUT2D eigenvalue weighted by Gasteiger charge is -2.32. The van der Waals surface area contributed by atoms with E-state index in [1.165, 1.54) is 17.0 Å². The van der Waals surface area contributed by atoms with Crippen molar-refractivity contribution in [3.05, 3.63) is 48.0 Å². The molecule has 132 valence electrons. The van der Waals surface area contributed by atoms with E-state index >= 15 is 0 Å². The Morgan fingerprint density at radius 3 is 3.00 bits per heavy atom. The van der Waals surface area contributed by atoms with E-state index in [4.69, 9.17) is 0 Å². The molecule has 0 spiro atoms. The molecule has 1 fully saturated rings. The highest BCUT2D eigenvalue weighted by Gasteiger charge is 2.30. The highest BCUT2D eigenvalue weighted by molar-refractivity contribution is 5.99. The van der Waals surface area contributed by atoms with Crippen LogP contribution in [0.1, 0.15) is 18.4 Å². The zero-order valence-corrected chi connectivity index (χ0v) is 13.9. The fourth-order valence-corrected chi connectivity index (χ4v) is 2.86. The number of benzene rings is 1. The van der Waals surface area contributed by atoms with Crippen molar-refractivity contribution in [3.8, 4) is 0 Å². The van der Waals surface area contributed by atoms with Crippen molar-refractivity contribution in [2.45, 2.75) is 25.4 Å². The third kappa shape index (κ3) is 4.14. The van der Waals surface area contributed by atoms with Crippen LogP contribution in [0.3, 0.4) is 0 Å². The molecule has 0 unspecified atom stereocenters. The molecule has 3 rings (SSSR count). The van der Waals surface area contributed by atoms with E-state index in [0.717, 1.165) is 12.0 Å². The molecule has 1 aromatic heterocycles. The number of amides is 3. The lowest BCUT2D eigenvalue weighted by Crippen LogP contribution is -2.54. The molecule has 2 N–H and O–H groups in total. The molecule has 0 bridgehead atoms. The Morgan fingerprint density at radius 2 is 2.28 bits per heavy atom. The number of hydrogen-bond acceptors (Lipinski definition) is 3. The van der Waals surface area contributed by atoms with Gasteiger partial charge in [0.2, 0.25) is 5.91 Å². The smallest absolute Gasteiger partial charge is 0.315 e. The van der Waals surface area contributed by atoms with Crippen LogP contribution in [-0.2, 0) is 18.4 Å². The summed E-state index contributed by atoms with van der Waals surface area (Å²) in [6, 6.07) is 4.87. The summed E-state index contributed by atoms with van der Waals surface area (Å²) in [5, 5.41) is 9.43. The highest BCUT2D eigenvalue weighted by atomic mass is 19.1. The van der Waals surface area contributed by atoms with E-state index in [9.17, 15) is 14.0 Å². The molecule has 2 aromatic rings. The molecule has 1 aliphatic rings. The van der Waals surface area contributed by atoms with Crippen molar-refractivity contribution in [1.29, 1.82) is 0 Å². The lowest BCUT2D eigenvalue weighted by molar-refractivity contribution is -0.121. The van der Waals surface area contributed by atoms with E-state index in [1.807, 2.05) is 0 Å². The Balaban J connectivity index is 1.58. The summed E-state index contributed by atoms with van der Waals surface area (Å²) in [7, 11) is 1.80. The van der Waals surface area contributed by atoms with Crippen LogP contribution in [0.15, 0.2) is 36.7 Å². The van der Waals surface area contributed by atoms with Gasteiger partial charge in [-0.25, -0.2) is 9.18 Å². The van der Waals surface area contributed by atoms with Crippen LogP contribution in [0.5, 0.6) is 0 Å². The number of anilines is 1. The average Bonchev–Trinajstić information content (AvgIpc) is 3.00. The zero-order chi connectivity index (χ0) is 17.8. The SMILES string of the molecule is Cn1cc(CNC(=O)N[C@H]2CCCN(c3cccc(F)c3)C2=O)cn1. The van der Waals surface area contributed by atoms with Gasteiger partial charge in [0.25, 0.3) is 0 Å². The van der Waals surface area contributed by atoms with Gasteiger partial charge in [-0.05, 0) is 31.0 Å².